The molecule has 0 amide bonds. The van der Waals surface area contributed by atoms with Crippen molar-refractivity contribution < 1.29 is 4.74 Å². The lowest BCUT2D eigenvalue weighted by Crippen LogP contribution is -2.30. The summed E-state index contributed by atoms with van der Waals surface area (Å²) in [7, 11) is 0. The maximum Gasteiger partial charge on any atom is 0.126 e. The normalized spacial score (nSPS) is 17.5. The smallest absolute Gasteiger partial charge is 0.126 e. The van der Waals surface area contributed by atoms with Gasteiger partial charge in [0, 0.05) is 16.7 Å². The highest BCUT2D eigenvalue weighted by Gasteiger charge is 2.33. The molecule has 0 fully saturated rings. The van der Waals surface area contributed by atoms with Crippen LogP contribution in [0.25, 0.3) is 0 Å². The van der Waals surface area contributed by atoms with Crippen LogP contribution in [-0.2, 0) is 10.8 Å². The Balaban J connectivity index is 2.75. The van der Waals surface area contributed by atoms with Crippen molar-refractivity contribution in [3.8, 4) is 5.75 Å². The monoisotopic (exact) mass is 277 g/mol. The van der Waals surface area contributed by atoms with Gasteiger partial charge in [0.1, 0.15) is 10.7 Å². The Morgan fingerprint density at radius 1 is 1.32 bits per heavy atom. The molecule has 1 heterocycles. The Hall–Kier alpha value is -1.09. The number of fused-ring (bicyclic) bond motifs is 1. The predicted octanol–water partition coefficient (Wildman–Crippen LogP) is 3.68. The van der Waals surface area contributed by atoms with Crippen LogP contribution in [0.3, 0.4) is 0 Å². The SMILES string of the molecule is CC(C)(C)c1cc(C(N)=S)cc2c1OCCC2(C)C. The summed E-state index contributed by atoms with van der Waals surface area (Å²) in [6, 6.07) is 4.19. The zero-order chi connectivity index (χ0) is 14.4. The molecule has 0 saturated heterocycles. The van der Waals surface area contributed by atoms with E-state index in [4.69, 9.17) is 22.7 Å². The predicted molar refractivity (Wildman–Crippen MR) is 84.2 cm³/mol. The molecule has 1 aromatic carbocycles. The minimum atomic E-state index is 0.0122. The number of nitrogens with two attached hydrogens (primary N) is 1. The van der Waals surface area contributed by atoms with Gasteiger partial charge in [0.15, 0.2) is 0 Å². The summed E-state index contributed by atoms with van der Waals surface area (Å²) < 4.78 is 5.97. The van der Waals surface area contributed by atoms with Gasteiger partial charge in [-0.2, -0.15) is 0 Å². The van der Waals surface area contributed by atoms with Crippen LogP contribution in [-0.4, -0.2) is 11.6 Å². The molecule has 2 rings (SSSR count). The second-order valence-corrected chi connectivity index (χ2v) is 7.44. The Labute approximate surface area is 121 Å². The molecule has 19 heavy (non-hydrogen) atoms. The van der Waals surface area contributed by atoms with Crippen molar-refractivity contribution in [3.63, 3.8) is 0 Å². The first-order valence-corrected chi connectivity index (χ1v) is 7.15. The van der Waals surface area contributed by atoms with Crippen molar-refractivity contribution in [2.75, 3.05) is 6.61 Å². The fraction of sp³-hybridized carbons (Fsp3) is 0.562. The molecule has 0 aromatic heterocycles. The fourth-order valence-electron chi connectivity index (χ4n) is 2.53. The van der Waals surface area contributed by atoms with Crippen molar-refractivity contribution in [2.24, 2.45) is 5.73 Å². The van der Waals surface area contributed by atoms with Gasteiger partial charge >= 0.3 is 0 Å². The lowest BCUT2D eigenvalue weighted by molar-refractivity contribution is 0.228. The van der Waals surface area contributed by atoms with E-state index in [1.807, 2.05) is 0 Å². The molecule has 0 aliphatic carbocycles. The van der Waals surface area contributed by atoms with Gasteiger partial charge in [-0.05, 0) is 29.4 Å². The van der Waals surface area contributed by atoms with E-state index >= 15 is 0 Å². The zero-order valence-corrected chi connectivity index (χ0v) is 13.3. The quantitative estimate of drug-likeness (QED) is 0.795. The van der Waals surface area contributed by atoms with Crippen molar-refractivity contribution in [3.05, 3.63) is 28.8 Å². The van der Waals surface area contributed by atoms with Gasteiger partial charge in [0.25, 0.3) is 0 Å². The first-order valence-electron chi connectivity index (χ1n) is 6.74. The van der Waals surface area contributed by atoms with Gasteiger partial charge in [-0.15, -0.1) is 0 Å². The summed E-state index contributed by atoms with van der Waals surface area (Å²) in [5.41, 5.74) is 9.32. The lowest BCUT2D eigenvalue weighted by Gasteiger charge is -2.36. The summed E-state index contributed by atoms with van der Waals surface area (Å²) in [4.78, 5) is 0.453. The van der Waals surface area contributed by atoms with Crippen molar-refractivity contribution in [1.29, 1.82) is 0 Å². The van der Waals surface area contributed by atoms with Gasteiger partial charge in [0.2, 0.25) is 0 Å². The largest absolute Gasteiger partial charge is 0.493 e. The number of thiocarbonyl (C=S) groups is 1. The van der Waals surface area contributed by atoms with E-state index in [-0.39, 0.29) is 10.8 Å². The minimum absolute atomic E-state index is 0.0122. The van der Waals surface area contributed by atoms with E-state index < -0.39 is 0 Å². The molecule has 0 spiro atoms. The van der Waals surface area contributed by atoms with Crippen LogP contribution in [0.4, 0.5) is 0 Å². The third kappa shape index (κ3) is 2.62. The van der Waals surface area contributed by atoms with Gasteiger partial charge in [-0.1, -0.05) is 46.8 Å². The van der Waals surface area contributed by atoms with Gasteiger partial charge in [-0.25, -0.2) is 0 Å². The van der Waals surface area contributed by atoms with Gasteiger partial charge in [0.05, 0.1) is 6.61 Å². The Morgan fingerprint density at radius 2 is 1.95 bits per heavy atom. The zero-order valence-electron chi connectivity index (χ0n) is 12.5. The minimum Gasteiger partial charge on any atom is -0.493 e. The lowest BCUT2D eigenvalue weighted by atomic mass is 9.75. The molecule has 104 valence electrons. The summed E-state index contributed by atoms with van der Waals surface area (Å²) in [6.07, 6.45) is 1.02. The van der Waals surface area contributed by atoms with Crippen molar-refractivity contribution >= 4 is 17.2 Å². The molecule has 1 aliphatic rings. The maximum absolute atomic E-state index is 5.97. The fourth-order valence-corrected chi connectivity index (χ4v) is 2.65. The number of ether oxygens (including phenoxy) is 1. The van der Waals surface area contributed by atoms with Crippen LogP contribution in [0, 0.1) is 0 Å². The van der Waals surface area contributed by atoms with Crippen molar-refractivity contribution in [2.45, 2.75) is 51.9 Å². The molecule has 0 radical (unpaired) electrons. The van der Waals surface area contributed by atoms with Crippen LogP contribution >= 0.6 is 12.2 Å². The summed E-state index contributed by atoms with van der Waals surface area (Å²) >= 11 is 5.16. The number of hydrogen-bond acceptors (Lipinski definition) is 2. The van der Waals surface area contributed by atoms with Gasteiger partial charge in [-0.3, -0.25) is 0 Å². The molecule has 3 heteroatoms. The number of hydrogen-bond donors (Lipinski definition) is 1. The van der Waals surface area contributed by atoms with E-state index in [0.29, 0.717) is 4.99 Å². The molecular weight excluding hydrogens is 254 g/mol. The molecule has 2 nitrogen and oxygen atoms in total. The second kappa shape index (κ2) is 4.48. The first kappa shape index (κ1) is 14.3. The Morgan fingerprint density at radius 3 is 2.47 bits per heavy atom. The average Bonchev–Trinajstić information content (AvgIpc) is 2.26. The van der Waals surface area contributed by atoms with E-state index in [9.17, 15) is 0 Å². The van der Waals surface area contributed by atoms with E-state index in [1.54, 1.807) is 0 Å². The molecule has 1 aliphatic heterocycles. The van der Waals surface area contributed by atoms with Crippen LogP contribution in [0.5, 0.6) is 5.75 Å². The first-order chi connectivity index (χ1) is 8.63. The van der Waals surface area contributed by atoms with E-state index in [0.717, 1.165) is 24.3 Å². The van der Waals surface area contributed by atoms with Crippen LogP contribution in [0.1, 0.15) is 57.7 Å². The molecular formula is C16H23NOS. The topological polar surface area (TPSA) is 35.2 Å². The van der Waals surface area contributed by atoms with Crippen LogP contribution in [0.2, 0.25) is 0 Å². The molecule has 0 atom stereocenters. The summed E-state index contributed by atoms with van der Waals surface area (Å²) in [5.74, 6) is 1.03. The van der Waals surface area contributed by atoms with Crippen molar-refractivity contribution in [1.82, 2.24) is 0 Å². The Bertz CT molecular complexity index is 509. The Kier molecular flexibility index (Phi) is 3.38. The third-order valence-electron chi connectivity index (χ3n) is 3.88. The van der Waals surface area contributed by atoms with Crippen LogP contribution < -0.4 is 10.5 Å². The standard InChI is InChI=1S/C16H23NOS/c1-15(2,3)11-8-10(14(17)19)9-12-13(11)18-7-6-16(12,4)5/h8-9H,6-7H2,1-5H3,(H2,17,19). The van der Waals surface area contributed by atoms with E-state index in [1.165, 1.54) is 11.1 Å². The second-order valence-electron chi connectivity index (χ2n) is 7.00. The highest BCUT2D eigenvalue weighted by atomic mass is 32.1. The third-order valence-corrected chi connectivity index (χ3v) is 4.12. The molecule has 0 bridgehead atoms. The highest BCUT2D eigenvalue weighted by Crippen LogP contribution is 2.44. The average molecular weight is 277 g/mol. The number of benzene rings is 1. The summed E-state index contributed by atoms with van der Waals surface area (Å²) in [6.45, 7) is 11.9. The van der Waals surface area contributed by atoms with E-state index in [2.05, 4.69) is 46.8 Å². The van der Waals surface area contributed by atoms with Crippen LogP contribution in [0.15, 0.2) is 12.1 Å². The molecule has 1 aromatic rings. The molecule has 0 saturated carbocycles. The maximum atomic E-state index is 5.97. The molecule has 2 N–H and O–H groups in total. The number of rotatable bonds is 1. The summed E-state index contributed by atoms with van der Waals surface area (Å²) in [5, 5.41) is 0. The van der Waals surface area contributed by atoms with Gasteiger partial charge < -0.3 is 10.5 Å². The molecule has 0 unspecified atom stereocenters. The highest BCUT2D eigenvalue weighted by molar-refractivity contribution is 7.80.